The summed E-state index contributed by atoms with van der Waals surface area (Å²) in [5, 5.41) is 14.2. The number of pyridine rings is 2. The maximum atomic E-state index is 12.1. The van der Waals surface area contributed by atoms with Crippen molar-refractivity contribution < 1.29 is 19.1 Å². The smallest absolute Gasteiger partial charge is 0.229 e. The molecule has 1 aliphatic carbocycles. The van der Waals surface area contributed by atoms with Gasteiger partial charge >= 0.3 is 0 Å². The molecule has 1 unspecified atom stereocenters. The molecule has 1 saturated heterocycles. The number of benzene rings is 1. The summed E-state index contributed by atoms with van der Waals surface area (Å²) in [5.41, 5.74) is 8.76. The topological polar surface area (TPSA) is 140 Å². The summed E-state index contributed by atoms with van der Waals surface area (Å²) >= 11 is 0. The minimum atomic E-state index is -0.699. The number of primary amides is 1. The second-order valence-corrected chi connectivity index (χ2v) is 9.12. The van der Waals surface area contributed by atoms with E-state index in [1.165, 1.54) is 0 Å². The summed E-state index contributed by atoms with van der Waals surface area (Å²) in [4.78, 5) is 28.2. The van der Waals surface area contributed by atoms with Gasteiger partial charge in [-0.1, -0.05) is 0 Å². The van der Waals surface area contributed by atoms with Crippen molar-refractivity contribution >= 4 is 39.3 Å². The fourth-order valence-electron chi connectivity index (χ4n) is 4.81. The Morgan fingerprint density at radius 2 is 2.11 bits per heavy atom. The predicted octanol–water partition coefficient (Wildman–Crippen LogP) is 2.19. The molecule has 3 aromatic heterocycles. The van der Waals surface area contributed by atoms with Crippen molar-refractivity contribution in [2.45, 2.75) is 24.4 Å². The lowest BCUT2D eigenvalue weighted by atomic mass is 9.98. The molecule has 10 nitrogen and oxygen atoms in total. The van der Waals surface area contributed by atoms with Crippen LogP contribution in [-0.2, 0) is 14.9 Å². The first kappa shape index (κ1) is 21.8. The average molecular weight is 475 g/mol. The van der Waals surface area contributed by atoms with E-state index in [1.54, 1.807) is 19.4 Å². The van der Waals surface area contributed by atoms with Crippen LogP contribution in [0.25, 0.3) is 33.3 Å². The van der Waals surface area contributed by atoms with Gasteiger partial charge in [0.15, 0.2) is 5.58 Å². The second-order valence-electron chi connectivity index (χ2n) is 9.12. The zero-order valence-corrected chi connectivity index (χ0v) is 19.3. The number of amides is 1. The van der Waals surface area contributed by atoms with Crippen LogP contribution in [0.5, 0.6) is 0 Å². The molecule has 1 aromatic carbocycles. The highest BCUT2D eigenvalue weighted by atomic mass is 16.5. The largest absolute Gasteiger partial charge is 0.436 e. The van der Waals surface area contributed by atoms with Crippen LogP contribution in [0.1, 0.15) is 18.5 Å². The van der Waals surface area contributed by atoms with Crippen LogP contribution in [0, 0.1) is 0 Å². The van der Waals surface area contributed by atoms with E-state index >= 15 is 0 Å². The van der Waals surface area contributed by atoms with Crippen molar-refractivity contribution in [3.8, 4) is 11.5 Å². The lowest BCUT2D eigenvalue weighted by Crippen LogP contribution is -2.44. The van der Waals surface area contributed by atoms with E-state index in [4.69, 9.17) is 19.9 Å². The Bertz CT molecular complexity index is 1450. The lowest BCUT2D eigenvalue weighted by Gasteiger charge is -2.33. The van der Waals surface area contributed by atoms with Gasteiger partial charge in [-0.25, -0.2) is 9.97 Å². The van der Waals surface area contributed by atoms with E-state index in [-0.39, 0.29) is 18.6 Å². The third-order valence-corrected chi connectivity index (χ3v) is 7.03. The van der Waals surface area contributed by atoms with Crippen LogP contribution in [-0.4, -0.2) is 65.4 Å². The number of anilines is 2. The first-order valence-corrected chi connectivity index (χ1v) is 11.7. The van der Waals surface area contributed by atoms with Gasteiger partial charge in [-0.2, -0.15) is 0 Å². The van der Waals surface area contributed by atoms with Gasteiger partial charge in [0, 0.05) is 49.0 Å². The van der Waals surface area contributed by atoms with Gasteiger partial charge in [-0.3, -0.25) is 9.78 Å². The van der Waals surface area contributed by atoms with Crippen LogP contribution < -0.4 is 16.0 Å². The Kier molecular flexibility index (Phi) is 5.08. The number of morpholine rings is 1. The van der Waals surface area contributed by atoms with Gasteiger partial charge in [-0.05, 0) is 37.1 Å². The molecule has 4 heterocycles. The minimum absolute atomic E-state index is 0.0105. The summed E-state index contributed by atoms with van der Waals surface area (Å²) in [6.07, 6.45) is 4.65. The first-order valence-electron chi connectivity index (χ1n) is 11.7. The summed E-state index contributed by atoms with van der Waals surface area (Å²) in [6, 6.07) is 7.79. The number of aromatic nitrogens is 3. The number of hydrogen-bond donors (Lipinski definition) is 3. The molecule has 180 valence electrons. The van der Waals surface area contributed by atoms with Gasteiger partial charge in [0.1, 0.15) is 11.3 Å². The quantitative estimate of drug-likeness (QED) is 0.384. The van der Waals surface area contributed by atoms with Crippen LogP contribution >= 0.6 is 0 Å². The Morgan fingerprint density at radius 1 is 1.26 bits per heavy atom. The number of carbonyl (C=O) groups is 1. The number of aliphatic hydroxyl groups is 1. The summed E-state index contributed by atoms with van der Waals surface area (Å²) in [5.74, 6) is 0.763. The Hall–Kier alpha value is -3.76. The summed E-state index contributed by atoms with van der Waals surface area (Å²) in [7, 11) is 1.80. The maximum absolute atomic E-state index is 12.1. The second kappa shape index (κ2) is 8.17. The van der Waals surface area contributed by atoms with Crippen LogP contribution in [0.3, 0.4) is 0 Å². The van der Waals surface area contributed by atoms with Crippen molar-refractivity contribution in [3.63, 3.8) is 0 Å². The molecule has 4 aromatic rings. The molecular formula is C25H26N6O4. The number of rotatable bonds is 6. The summed E-state index contributed by atoms with van der Waals surface area (Å²) < 4.78 is 11.7. The van der Waals surface area contributed by atoms with Gasteiger partial charge in [0.05, 0.1) is 36.0 Å². The molecule has 10 heteroatoms. The highest BCUT2D eigenvalue weighted by Gasteiger charge is 2.51. The molecule has 4 N–H and O–H groups in total. The Labute approximate surface area is 201 Å². The van der Waals surface area contributed by atoms with Gasteiger partial charge in [0.25, 0.3) is 0 Å². The molecule has 2 fully saturated rings. The van der Waals surface area contributed by atoms with E-state index in [0.717, 1.165) is 28.5 Å². The molecule has 1 atom stereocenters. The number of nitrogens with two attached hydrogens (primary N) is 1. The molecule has 1 saturated carbocycles. The number of ether oxygens (including phenoxy) is 1. The molecule has 0 bridgehead atoms. The van der Waals surface area contributed by atoms with E-state index in [2.05, 4.69) is 20.2 Å². The highest BCUT2D eigenvalue weighted by Crippen LogP contribution is 2.48. The standard InChI is InChI=1S/C25H26N6O4/c1-27-22-17-10-28-21(25(4-5-25)24(26)33)9-16(17)18(11-29-22)23-30-19-8-14(2-3-20(19)35-23)31-6-7-34-15(12-31)13-32/h2-3,8-11,15,32H,4-7,12-13H2,1H3,(H2,26,33)(H,27,29). The van der Waals surface area contributed by atoms with Crippen molar-refractivity contribution in [2.75, 3.05) is 43.6 Å². The number of carbonyl (C=O) groups excluding carboxylic acids is 1. The Balaban J connectivity index is 1.44. The van der Waals surface area contributed by atoms with Gasteiger partial charge in [0.2, 0.25) is 11.8 Å². The van der Waals surface area contributed by atoms with Crippen LogP contribution in [0.2, 0.25) is 0 Å². The van der Waals surface area contributed by atoms with Crippen molar-refractivity contribution in [1.29, 1.82) is 0 Å². The average Bonchev–Trinajstić information content (AvgIpc) is 3.61. The molecule has 0 spiro atoms. The number of hydrogen-bond acceptors (Lipinski definition) is 9. The molecule has 6 rings (SSSR count). The third kappa shape index (κ3) is 3.57. The lowest BCUT2D eigenvalue weighted by molar-refractivity contribution is -0.120. The van der Waals surface area contributed by atoms with Crippen molar-refractivity contribution in [3.05, 3.63) is 42.4 Å². The monoisotopic (exact) mass is 474 g/mol. The predicted molar refractivity (Wildman–Crippen MR) is 131 cm³/mol. The van der Waals surface area contributed by atoms with E-state index in [0.29, 0.717) is 54.5 Å². The number of nitrogens with one attached hydrogen (secondary N) is 1. The molecular weight excluding hydrogens is 448 g/mol. The van der Waals surface area contributed by atoms with Crippen molar-refractivity contribution in [2.24, 2.45) is 5.73 Å². The highest BCUT2D eigenvalue weighted by molar-refractivity contribution is 6.02. The Morgan fingerprint density at radius 3 is 2.86 bits per heavy atom. The number of nitrogens with zero attached hydrogens (tertiary/aromatic N) is 4. The number of aliphatic hydroxyl groups excluding tert-OH is 1. The zero-order valence-electron chi connectivity index (χ0n) is 19.3. The van der Waals surface area contributed by atoms with Crippen LogP contribution in [0.15, 0.2) is 41.1 Å². The van der Waals surface area contributed by atoms with E-state index in [9.17, 15) is 9.90 Å². The van der Waals surface area contributed by atoms with E-state index < -0.39 is 5.41 Å². The summed E-state index contributed by atoms with van der Waals surface area (Å²) in [6.45, 7) is 1.91. The van der Waals surface area contributed by atoms with Gasteiger partial charge < -0.3 is 30.2 Å². The maximum Gasteiger partial charge on any atom is 0.229 e. The molecule has 1 aliphatic heterocycles. The van der Waals surface area contributed by atoms with Crippen LogP contribution in [0.4, 0.5) is 11.5 Å². The SMILES string of the molecule is CNc1ncc(-c2nc3cc(N4CCOC(CO)C4)ccc3o2)c2cc(C3(C(N)=O)CC3)ncc12. The van der Waals surface area contributed by atoms with E-state index in [1.807, 2.05) is 24.3 Å². The minimum Gasteiger partial charge on any atom is -0.436 e. The zero-order chi connectivity index (χ0) is 24.2. The number of fused-ring (bicyclic) bond motifs is 2. The first-order chi connectivity index (χ1) is 17.0. The molecule has 35 heavy (non-hydrogen) atoms. The molecule has 1 amide bonds. The van der Waals surface area contributed by atoms with Gasteiger partial charge in [-0.15, -0.1) is 0 Å². The van der Waals surface area contributed by atoms with Crippen molar-refractivity contribution in [1.82, 2.24) is 15.0 Å². The fraction of sp³-hybridized carbons (Fsp3) is 0.360. The molecule has 2 aliphatic rings. The normalized spacial score (nSPS) is 19.3. The number of oxazole rings is 1. The fourth-order valence-corrected chi connectivity index (χ4v) is 4.81. The third-order valence-electron chi connectivity index (χ3n) is 7.03. The molecule has 0 radical (unpaired) electrons.